The lowest BCUT2D eigenvalue weighted by atomic mass is 10.1. The fourth-order valence-corrected chi connectivity index (χ4v) is 4.76. The zero-order valence-corrected chi connectivity index (χ0v) is 21.4. The Balaban J connectivity index is 1.48. The highest BCUT2D eigenvalue weighted by molar-refractivity contribution is 8.00. The molecule has 0 radical (unpaired) electrons. The summed E-state index contributed by atoms with van der Waals surface area (Å²) < 4.78 is 0. The quantitative estimate of drug-likeness (QED) is 0.133. The van der Waals surface area contributed by atoms with Crippen LogP contribution in [0.15, 0.2) is 102 Å². The van der Waals surface area contributed by atoms with Crippen molar-refractivity contribution in [1.29, 1.82) is 0 Å². The summed E-state index contributed by atoms with van der Waals surface area (Å²) in [6.07, 6.45) is 0. The van der Waals surface area contributed by atoms with Gasteiger partial charge in [0, 0.05) is 28.3 Å². The van der Waals surface area contributed by atoms with Gasteiger partial charge in [0.2, 0.25) is 5.91 Å². The van der Waals surface area contributed by atoms with Gasteiger partial charge in [-0.1, -0.05) is 59.6 Å². The number of hydrogen-bond acceptors (Lipinski definition) is 5. The average molecular weight is 552 g/mol. The fraction of sp³-hybridized carbons (Fsp3) is 0.0370. The highest BCUT2D eigenvalue weighted by Crippen LogP contribution is 2.38. The van der Waals surface area contributed by atoms with Crippen LogP contribution in [0.1, 0.15) is 21.2 Å². The molecule has 0 saturated carbocycles. The molecular formula is C27H19Cl2N3O4S. The van der Waals surface area contributed by atoms with E-state index in [0.29, 0.717) is 22.0 Å². The van der Waals surface area contributed by atoms with E-state index in [1.165, 1.54) is 36.0 Å². The van der Waals surface area contributed by atoms with Crippen molar-refractivity contribution in [2.45, 2.75) is 10.1 Å². The average Bonchev–Trinajstić information content (AvgIpc) is 2.91. The Morgan fingerprint density at radius 1 is 0.811 bits per heavy atom. The molecular weight excluding hydrogens is 533 g/mol. The number of carbonyl (C=O) groups is 2. The molecule has 1 unspecified atom stereocenters. The molecule has 37 heavy (non-hydrogen) atoms. The highest BCUT2D eigenvalue weighted by atomic mass is 35.5. The molecule has 0 fully saturated rings. The molecule has 2 N–H and O–H groups in total. The van der Waals surface area contributed by atoms with E-state index in [1.807, 2.05) is 30.3 Å². The first-order valence-electron chi connectivity index (χ1n) is 10.9. The van der Waals surface area contributed by atoms with Crippen LogP contribution in [0.5, 0.6) is 0 Å². The molecule has 7 nitrogen and oxygen atoms in total. The maximum absolute atomic E-state index is 13.3. The van der Waals surface area contributed by atoms with Crippen molar-refractivity contribution >= 4 is 63.8 Å². The number of anilines is 2. The van der Waals surface area contributed by atoms with Crippen LogP contribution >= 0.6 is 35.0 Å². The number of nitrogens with one attached hydrogen (secondary N) is 2. The number of benzene rings is 4. The Bertz CT molecular complexity index is 1430. The maximum Gasteiger partial charge on any atom is 0.269 e. The smallest absolute Gasteiger partial charge is 0.269 e. The molecule has 10 heteroatoms. The van der Waals surface area contributed by atoms with Crippen LogP contribution in [0.3, 0.4) is 0 Å². The SMILES string of the molecule is O=C(Nc1ccc(SC(C(=O)Nc2cccc(Cl)c2Cl)c2ccccc2)cc1)c1ccc([N+](=O)[O-])cc1. The van der Waals surface area contributed by atoms with Gasteiger partial charge in [0.1, 0.15) is 5.25 Å². The summed E-state index contributed by atoms with van der Waals surface area (Å²) in [6, 6.07) is 26.8. The lowest BCUT2D eigenvalue weighted by Gasteiger charge is -2.18. The van der Waals surface area contributed by atoms with E-state index in [-0.39, 0.29) is 16.6 Å². The Labute approximate surface area is 227 Å². The summed E-state index contributed by atoms with van der Waals surface area (Å²) in [5, 5.41) is 16.4. The molecule has 4 aromatic carbocycles. The number of thioether (sulfide) groups is 1. The van der Waals surface area contributed by atoms with Crippen molar-refractivity contribution in [2.24, 2.45) is 0 Å². The zero-order chi connectivity index (χ0) is 26.4. The largest absolute Gasteiger partial charge is 0.323 e. The van der Waals surface area contributed by atoms with Crippen LogP contribution in [0, 0.1) is 10.1 Å². The van der Waals surface area contributed by atoms with Gasteiger partial charge in [0.25, 0.3) is 11.6 Å². The van der Waals surface area contributed by atoms with Crippen molar-refractivity contribution in [2.75, 3.05) is 10.6 Å². The van der Waals surface area contributed by atoms with E-state index in [1.54, 1.807) is 42.5 Å². The van der Waals surface area contributed by atoms with Crippen LogP contribution in [-0.2, 0) is 4.79 Å². The van der Waals surface area contributed by atoms with Gasteiger partial charge >= 0.3 is 0 Å². The van der Waals surface area contributed by atoms with Gasteiger partial charge in [0.15, 0.2) is 0 Å². The molecule has 0 aliphatic heterocycles. The molecule has 0 aliphatic carbocycles. The number of halogens is 2. The van der Waals surface area contributed by atoms with Gasteiger partial charge in [-0.25, -0.2) is 0 Å². The Kier molecular flexibility index (Phi) is 8.45. The van der Waals surface area contributed by atoms with E-state index < -0.39 is 16.1 Å². The van der Waals surface area contributed by atoms with Gasteiger partial charge in [0.05, 0.1) is 20.7 Å². The van der Waals surface area contributed by atoms with E-state index in [0.717, 1.165) is 10.5 Å². The van der Waals surface area contributed by atoms with E-state index in [9.17, 15) is 19.7 Å². The number of nitrogens with zero attached hydrogens (tertiary/aromatic N) is 1. The van der Waals surface area contributed by atoms with Gasteiger partial charge in [-0.3, -0.25) is 19.7 Å². The normalized spacial score (nSPS) is 11.4. The summed E-state index contributed by atoms with van der Waals surface area (Å²) >= 11 is 13.7. The summed E-state index contributed by atoms with van der Waals surface area (Å²) in [6.45, 7) is 0. The molecule has 4 rings (SSSR count). The standard InChI is InChI=1S/C27H19Cl2N3O4S/c28-22-7-4-8-23(24(22)29)31-27(34)25(17-5-2-1-3-6-17)37-21-15-11-19(12-16-21)30-26(33)18-9-13-20(14-10-18)32(35)36/h1-16,25H,(H,30,33)(H,31,34). The van der Waals surface area contributed by atoms with Crippen LogP contribution < -0.4 is 10.6 Å². The third kappa shape index (κ3) is 6.68. The van der Waals surface area contributed by atoms with Gasteiger partial charge in [-0.05, 0) is 54.1 Å². The first-order valence-corrected chi connectivity index (χ1v) is 12.6. The minimum absolute atomic E-state index is 0.0902. The fourth-order valence-electron chi connectivity index (χ4n) is 3.39. The minimum atomic E-state index is -0.586. The molecule has 0 heterocycles. The number of nitro benzene ring substituents is 1. The van der Waals surface area contributed by atoms with E-state index in [4.69, 9.17) is 23.2 Å². The van der Waals surface area contributed by atoms with Crippen LogP contribution in [0.25, 0.3) is 0 Å². The summed E-state index contributed by atoms with van der Waals surface area (Å²) in [4.78, 5) is 36.9. The monoisotopic (exact) mass is 551 g/mol. The van der Waals surface area contributed by atoms with Crippen molar-refractivity contribution in [3.8, 4) is 0 Å². The number of hydrogen-bond donors (Lipinski definition) is 2. The number of amides is 2. The highest BCUT2D eigenvalue weighted by Gasteiger charge is 2.23. The van der Waals surface area contributed by atoms with Crippen LogP contribution in [-0.4, -0.2) is 16.7 Å². The third-order valence-corrected chi connectivity index (χ3v) is 7.34. The van der Waals surface area contributed by atoms with Crippen LogP contribution in [0.2, 0.25) is 10.0 Å². The second-order valence-electron chi connectivity index (χ2n) is 7.78. The number of nitro groups is 1. The lowest BCUT2D eigenvalue weighted by Crippen LogP contribution is -2.19. The zero-order valence-electron chi connectivity index (χ0n) is 19.1. The van der Waals surface area contributed by atoms with Crippen molar-refractivity contribution < 1.29 is 14.5 Å². The first-order chi connectivity index (χ1) is 17.8. The van der Waals surface area contributed by atoms with Crippen molar-refractivity contribution in [3.63, 3.8) is 0 Å². The molecule has 0 aliphatic rings. The predicted molar refractivity (Wildman–Crippen MR) is 148 cm³/mol. The van der Waals surface area contributed by atoms with Gasteiger partial charge in [-0.2, -0.15) is 0 Å². The second kappa shape index (κ2) is 11.9. The summed E-state index contributed by atoms with van der Waals surface area (Å²) in [5.74, 6) is -0.661. The molecule has 1 atom stereocenters. The maximum atomic E-state index is 13.3. The topological polar surface area (TPSA) is 101 Å². The second-order valence-corrected chi connectivity index (χ2v) is 9.75. The van der Waals surface area contributed by atoms with Crippen molar-refractivity contribution in [3.05, 3.63) is 128 Å². The Hall–Kier alpha value is -3.85. The van der Waals surface area contributed by atoms with Gasteiger partial charge < -0.3 is 10.6 Å². The Morgan fingerprint density at radius 3 is 2.14 bits per heavy atom. The summed E-state index contributed by atoms with van der Waals surface area (Å²) in [5.41, 5.74) is 1.97. The number of rotatable bonds is 8. The minimum Gasteiger partial charge on any atom is -0.323 e. The third-order valence-electron chi connectivity index (χ3n) is 5.26. The Morgan fingerprint density at radius 2 is 1.49 bits per heavy atom. The molecule has 0 saturated heterocycles. The number of carbonyl (C=O) groups excluding carboxylic acids is 2. The number of non-ortho nitro benzene ring substituents is 1. The van der Waals surface area contributed by atoms with Gasteiger partial charge in [-0.15, -0.1) is 11.8 Å². The first kappa shape index (κ1) is 26.2. The molecule has 0 aromatic heterocycles. The summed E-state index contributed by atoms with van der Waals surface area (Å²) in [7, 11) is 0. The van der Waals surface area contributed by atoms with E-state index >= 15 is 0 Å². The van der Waals surface area contributed by atoms with Crippen LogP contribution in [0.4, 0.5) is 17.1 Å². The molecule has 2 amide bonds. The van der Waals surface area contributed by atoms with Crippen molar-refractivity contribution in [1.82, 2.24) is 0 Å². The molecule has 0 spiro atoms. The lowest BCUT2D eigenvalue weighted by molar-refractivity contribution is -0.384. The predicted octanol–water partition coefficient (Wildman–Crippen LogP) is 7.63. The molecule has 186 valence electrons. The van der Waals surface area contributed by atoms with E-state index in [2.05, 4.69) is 10.6 Å². The molecule has 0 bridgehead atoms. The molecule has 4 aromatic rings.